The largest absolute Gasteiger partial charge is 0.360 e. The Hall–Kier alpha value is -1.50. The van der Waals surface area contributed by atoms with Gasteiger partial charge < -0.3 is 4.98 Å². The molecule has 3 aromatic rings. The predicted octanol–water partition coefficient (Wildman–Crippen LogP) is 3.98. The van der Waals surface area contributed by atoms with Crippen molar-refractivity contribution in [3.63, 3.8) is 0 Å². The summed E-state index contributed by atoms with van der Waals surface area (Å²) < 4.78 is 6.33. The molecule has 0 atom stereocenters. The van der Waals surface area contributed by atoms with Crippen LogP contribution in [0, 0.1) is 0 Å². The fourth-order valence-corrected chi connectivity index (χ4v) is 2.89. The van der Waals surface area contributed by atoms with Gasteiger partial charge in [-0.25, -0.2) is 3.15 Å². The van der Waals surface area contributed by atoms with Crippen molar-refractivity contribution in [3.05, 3.63) is 36.7 Å². The van der Waals surface area contributed by atoms with Crippen molar-refractivity contribution in [2.45, 2.75) is 0 Å². The molecular weight excluding hydrogens is 339 g/mol. The summed E-state index contributed by atoms with van der Waals surface area (Å²) in [7, 11) is 1.93. The Kier molecular flexibility index (Phi) is 2.99. The van der Waals surface area contributed by atoms with Gasteiger partial charge >= 0.3 is 0 Å². The number of aryl methyl sites for hydroxylation is 1. The average molecular weight is 352 g/mol. The molecule has 1 N–H and O–H groups in total. The fraction of sp³-hybridized carbons (Fsp3) is 0.154. The first kappa shape index (κ1) is 11.6. The van der Waals surface area contributed by atoms with E-state index in [1.54, 1.807) is 0 Å². The molecule has 0 aliphatic heterocycles. The van der Waals surface area contributed by atoms with Gasteiger partial charge in [0.15, 0.2) is 0 Å². The van der Waals surface area contributed by atoms with Crippen LogP contribution in [0.4, 0.5) is 5.69 Å². The van der Waals surface area contributed by atoms with E-state index >= 15 is 0 Å². The van der Waals surface area contributed by atoms with Gasteiger partial charge in [-0.3, -0.25) is 4.68 Å². The summed E-state index contributed by atoms with van der Waals surface area (Å²) in [5.74, 6) is 0. The first-order valence-corrected chi connectivity index (χ1v) is 8.71. The zero-order valence-electron chi connectivity index (χ0n) is 10.2. The second-order valence-electron chi connectivity index (χ2n) is 4.06. The number of H-pyrrole nitrogens is 1. The van der Waals surface area contributed by atoms with Gasteiger partial charge in [-0.2, -0.15) is 5.10 Å². The lowest BCUT2D eigenvalue weighted by atomic mass is 10.1. The summed E-state index contributed by atoms with van der Waals surface area (Å²) in [6.07, 6.45) is 3.97. The molecule has 2 aromatic heterocycles. The smallest absolute Gasteiger partial charge is 0.0944 e. The average Bonchev–Trinajstić information content (AvgIpc) is 2.95. The molecule has 3 rings (SSSR count). The molecule has 0 bridgehead atoms. The number of halogens is 1. The number of nitrogens with one attached hydrogen (secondary N) is 1. The van der Waals surface area contributed by atoms with E-state index in [9.17, 15) is 0 Å². The second-order valence-corrected chi connectivity index (χ2v) is 5.51. The summed E-state index contributed by atoms with van der Waals surface area (Å²) in [4.78, 5) is 5.45. The number of hydrogen-bond donors (Lipinski definition) is 1. The standard InChI is InChI=1S/C13H13IN4/c1-14-16-9-3-4-10-11(8-15-13(10)7-9)12-5-6-18(2)17-12/h3-8,15H,1-2H3. The highest BCUT2D eigenvalue weighted by molar-refractivity contribution is 14.2. The molecular formula is C13H13IN4. The van der Waals surface area contributed by atoms with Gasteiger partial charge in [0.1, 0.15) is 0 Å². The van der Waals surface area contributed by atoms with Crippen LogP contribution in [-0.2, 0) is 7.05 Å². The third-order valence-electron chi connectivity index (χ3n) is 2.84. The number of benzene rings is 1. The van der Waals surface area contributed by atoms with Crippen LogP contribution in [0.3, 0.4) is 0 Å². The zero-order chi connectivity index (χ0) is 12.5. The molecule has 92 valence electrons. The van der Waals surface area contributed by atoms with Gasteiger partial charge in [0.2, 0.25) is 0 Å². The molecule has 0 amide bonds. The van der Waals surface area contributed by atoms with Gasteiger partial charge in [0.25, 0.3) is 0 Å². The second kappa shape index (κ2) is 4.64. The van der Waals surface area contributed by atoms with E-state index in [1.807, 2.05) is 30.2 Å². The molecule has 0 radical (unpaired) electrons. The highest BCUT2D eigenvalue weighted by atomic mass is 127. The molecule has 18 heavy (non-hydrogen) atoms. The topological polar surface area (TPSA) is 46.0 Å². The molecule has 5 heteroatoms. The van der Waals surface area contributed by atoms with E-state index < -0.39 is 0 Å². The quantitative estimate of drug-likeness (QED) is 0.550. The lowest BCUT2D eigenvalue weighted by Gasteiger charge is -1.96. The van der Waals surface area contributed by atoms with Crippen molar-refractivity contribution in [1.29, 1.82) is 0 Å². The first-order chi connectivity index (χ1) is 8.78. The first-order valence-electron chi connectivity index (χ1n) is 5.59. The molecule has 0 saturated heterocycles. The van der Waals surface area contributed by atoms with E-state index in [2.05, 4.69) is 36.4 Å². The number of rotatable bonds is 2. The molecule has 4 nitrogen and oxygen atoms in total. The maximum Gasteiger partial charge on any atom is 0.0944 e. The third kappa shape index (κ3) is 1.98. The summed E-state index contributed by atoms with van der Waals surface area (Å²) >= 11 is -0.0668. The summed E-state index contributed by atoms with van der Waals surface area (Å²) in [6.45, 7) is 0. The number of aromatic nitrogens is 3. The monoisotopic (exact) mass is 352 g/mol. The van der Waals surface area contributed by atoms with Gasteiger partial charge in [0.05, 0.1) is 11.4 Å². The van der Waals surface area contributed by atoms with Gasteiger partial charge in [-0.15, -0.1) is 0 Å². The molecule has 0 saturated carbocycles. The lowest BCUT2D eigenvalue weighted by molar-refractivity contribution is 0.771. The highest BCUT2D eigenvalue weighted by Crippen LogP contribution is 2.30. The number of fused-ring (bicyclic) bond motifs is 1. The van der Waals surface area contributed by atoms with E-state index in [0.29, 0.717) is 0 Å². The van der Waals surface area contributed by atoms with Crippen LogP contribution in [0.25, 0.3) is 22.2 Å². The summed E-state index contributed by atoms with van der Waals surface area (Å²) in [5.41, 5.74) is 4.32. The van der Waals surface area contributed by atoms with Gasteiger partial charge in [-0.1, -0.05) is 0 Å². The van der Waals surface area contributed by atoms with Crippen molar-refractivity contribution < 1.29 is 0 Å². The van der Waals surface area contributed by atoms with Crippen LogP contribution in [0.2, 0.25) is 0 Å². The lowest BCUT2D eigenvalue weighted by Crippen LogP contribution is -1.87. The molecule has 0 spiro atoms. The molecule has 2 heterocycles. The molecule has 0 aliphatic carbocycles. The van der Waals surface area contributed by atoms with Crippen LogP contribution >= 0.6 is 21.0 Å². The molecule has 0 unspecified atom stereocenters. The Balaban J connectivity index is 2.15. The minimum Gasteiger partial charge on any atom is -0.360 e. The predicted molar refractivity (Wildman–Crippen MR) is 82.5 cm³/mol. The molecule has 1 aromatic carbocycles. The number of alkyl halides is 1. The van der Waals surface area contributed by atoms with Gasteiger partial charge in [0, 0.05) is 40.8 Å². The van der Waals surface area contributed by atoms with Crippen molar-refractivity contribution in [1.82, 2.24) is 14.8 Å². The van der Waals surface area contributed by atoms with Crippen molar-refractivity contribution in [3.8, 4) is 11.3 Å². The molecule has 0 aliphatic rings. The normalized spacial score (nSPS) is 12.1. The Morgan fingerprint density at radius 2 is 2.22 bits per heavy atom. The summed E-state index contributed by atoms with van der Waals surface area (Å²) in [6, 6.07) is 8.32. The Morgan fingerprint density at radius 3 is 2.94 bits per heavy atom. The highest BCUT2D eigenvalue weighted by Gasteiger charge is 2.08. The van der Waals surface area contributed by atoms with Crippen LogP contribution in [0.15, 0.2) is 39.8 Å². The Bertz CT molecular complexity index is 724. The van der Waals surface area contributed by atoms with Crippen molar-refractivity contribution in [2.75, 3.05) is 4.93 Å². The summed E-state index contributed by atoms with van der Waals surface area (Å²) in [5, 5.41) is 5.64. The van der Waals surface area contributed by atoms with Gasteiger partial charge in [-0.05, 0) is 45.3 Å². The van der Waals surface area contributed by atoms with Crippen LogP contribution < -0.4 is 0 Å². The van der Waals surface area contributed by atoms with E-state index in [-0.39, 0.29) is 21.0 Å². The zero-order valence-corrected chi connectivity index (χ0v) is 12.3. The minimum absolute atomic E-state index is 0.0668. The number of hydrogen-bond acceptors (Lipinski definition) is 2. The number of aromatic amines is 1. The fourth-order valence-electron chi connectivity index (χ4n) is 2.03. The van der Waals surface area contributed by atoms with E-state index in [0.717, 1.165) is 22.5 Å². The van der Waals surface area contributed by atoms with E-state index in [4.69, 9.17) is 0 Å². The Labute approximate surface area is 115 Å². The van der Waals surface area contributed by atoms with Crippen LogP contribution in [0.1, 0.15) is 0 Å². The molecule has 0 fully saturated rings. The maximum atomic E-state index is 4.51. The van der Waals surface area contributed by atoms with Crippen LogP contribution in [0.5, 0.6) is 0 Å². The Morgan fingerprint density at radius 1 is 1.33 bits per heavy atom. The number of nitrogens with zero attached hydrogens (tertiary/aromatic N) is 3. The minimum atomic E-state index is -0.0668. The third-order valence-corrected chi connectivity index (χ3v) is 3.88. The van der Waals surface area contributed by atoms with Crippen LogP contribution in [-0.4, -0.2) is 19.7 Å². The van der Waals surface area contributed by atoms with E-state index in [1.165, 1.54) is 5.39 Å². The maximum absolute atomic E-state index is 4.51. The SMILES string of the molecule is CI=Nc1ccc2c(-c3ccn(C)n3)c[nH]c2c1. The van der Waals surface area contributed by atoms with Crippen molar-refractivity contribution in [2.24, 2.45) is 10.2 Å². The van der Waals surface area contributed by atoms with Crippen molar-refractivity contribution >= 4 is 37.6 Å².